The van der Waals surface area contributed by atoms with E-state index in [-0.39, 0.29) is 5.95 Å². The maximum absolute atomic E-state index is 13.6. The van der Waals surface area contributed by atoms with Gasteiger partial charge in [0.1, 0.15) is 11.0 Å². The molecule has 174 valence electrons. The zero-order valence-electron chi connectivity index (χ0n) is 17.8. The Bertz CT molecular complexity index is 1540. The lowest BCUT2D eigenvalue weighted by Crippen LogP contribution is -2.24. The van der Waals surface area contributed by atoms with Crippen LogP contribution >= 0.6 is 22.9 Å². The minimum absolute atomic E-state index is 0.000916. The van der Waals surface area contributed by atoms with Crippen LogP contribution in [-0.2, 0) is 6.18 Å². The predicted octanol–water partition coefficient (Wildman–Crippen LogP) is 7.14. The van der Waals surface area contributed by atoms with Crippen molar-refractivity contribution in [2.75, 3.05) is 5.32 Å². The molecule has 0 bridgehead atoms. The lowest BCUT2D eigenvalue weighted by Gasteiger charge is -2.30. The topological polar surface area (TPSA) is 55.6 Å². The average molecular weight is 510 g/mol. The van der Waals surface area contributed by atoms with E-state index in [0.29, 0.717) is 26.9 Å². The number of benzene rings is 3. The number of alkyl halides is 3. The molecule has 2 aromatic heterocycles. The van der Waals surface area contributed by atoms with E-state index in [1.807, 2.05) is 54.6 Å². The molecule has 0 saturated carbocycles. The molecule has 10 heteroatoms. The van der Waals surface area contributed by atoms with Crippen molar-refractivity contribution in [2.24, 2.45) is 0 Å². The molecule has 0 aliphatic carbocycles. The van der Waals surface area contributed by atoms with Gasteiger partial charge >= 0.3 is 6.18 Å². The number of rotatable bonds is 3. The number of anilines is 1. The second-order valence-corrected chi connectivity index (χ2v) is 9.39. The summed E-state index contributed by atoms with van der Waals surface area (Å²) in [6, 6.07) is 23.4. The van der Waals surface area contributed by atoms with Gasteiger partial charge in [-0.25, -0.2) is 9.67 Å². The van der Waals surface area contributed by atoms with Gasteiger partial charge in [0.15, 0.2) is 0 Å². The largest absolute Gasteiger partial charge is 0.453 e. The summed E-state index contributed by atoms with van der Waals surface area (Å²) in [5.74, 6) is -1.21. The first-order valence-corrected chi connectivity index (χ1v) is 11.8. The molecule has 35 heavy (non-hydrogen) atoms. The zero-order valence-corrected chi connectivity index (χ0v) is 19.4. The Morgan fingerprint density at radius 2 is 1.60 bits per heavy atom. The Morgan fingerprint density at radius 3 is 2.31 bits per heavy atom. The highest BCUT2D eigenvalue weighted by atomic mass is 35.5. The quantitative estimate of drug-likeness (QED) is 0.281. The van der Waals surface area contributed by atoms with Crippen LogP contribution in [0.1, 0.15) is 28.0 Å². The smallest absolute Gasteiger partial charge is 0.323 e. The summed E-state index contributed by atoms with van der Waals surface area (Å²) in [5.41, 5.74) is 3.63. The zero-order chi connectivity index (χ0) is 24.2. The summed E-state index contributed by atoms with van der Waals surface area (Å²) < 4.78 is 43.1. The van der Waals surface area contributed by atoms with E-state index in [9.17, 15) is 13.2 Å². The Hall–Kier alpha value is -3.69. The van der Waals surface area contributed by atoms with Crippen molar-refractivity contribution in [1.82, 2.24) is 19.7 Å². The minimum Gasteiger partial charge on any atom is -0.323 e. The molecule has 5 aromatic rings. The first kappa shape index (κ1) is 21.8. The summed E-state index contributed by atoms with van der Waals surface area (Å²) in [4.78, 5) is 8.65. The van der Waals surface area contributed by atoms with Crippen molar-refractivity contribution in [3.05, 3.63) is 106 Å². The van der Waals surface area contributed by atoms with Gasteiger partial charge in [-0.1, -0.05) is 66.2 Å². The van der Waals surface area contributed by atoms with E-state index in [1.165, 1.54) is 16.0 Å². The number of para-hydroxylation sites is 1. The van der Waals surface area contributed by atoms with Crippen LogP contribution < -0.4 is 5.32 Å². The van der Waals surface area contributed by atoms with Crippen LogP contribution in [0.15, 0.2) is 78.9 Å². The molecule has 0 fully saturated rings. The fraction of sp³-hybridized carbons (Fsp3) is 0.0800. The first-order valence-electron chi connectivity index (χ1n) is 10.6. The van der Waals surface area contributed by atoms with Crippen molar-refractivity contribution >= 4 is 50.4 Å². The van der Waals surface area contributed by atoms with Gasteiger partial charge in [-0.3, -0.25) is 0 Å². The highest BCUT2D eigenvalue weighted by molar-refractivity contribution is 7.19. The van der Waals surface area contributed by atoms with E-state index in [4.69, 9.17) is 16.6 Å². The molecule has 5 nitrogen and oxygen atoms in total. The lowest BCUT2D eigenvalue weighted by molar-refractivity contribution is -0.145. The van der Waals surface area contributed by atoms with Crippen molar-refractivity contribution < 1.29 is 13.2 Å². The average Bonchev–Trinajstić information content (AvgIpc) is 3.48. The van der Waals surface area contributed by atoms with E-state index in [2.05, 4.69) is 15.4 Å². The summed E-state index contributed by atoms with van der Waals surface area (Å²) in [5, 5.41) is 8.20. The summed E-state index contributed by atoms with van der Waals surface area (Å²) in [6.45, 7) is 0. The number of hydrogen-bond donors (Lipinski definition) is 1. The van der Waals surface area contributed by atoms with Gasteiger partial charge in [0.25, 0.3) is 5.82 Å². The second kappa shape index (κ2) is 8.21. The van der Waals surface area contributed by atoms with Gasteiger partial charge in [0.05, 0.1) is 15.9 Å². The van der Waals surface area contributed by atoms with Crippen LogP contribution in [0.5, 0.6) is 0 Å². The van der Waals surface area contributed by atoms with Crippen molar-refractivity contribution in [3.8, 4) is 0 Å². The van der Waals surface area contributed by atoms with Crippen molar-refractivity contribution in [3.63, 3.8) is 0 Å². The van der Waals surface area contributed by atoms with Gasteiger partial charge in [-0.15, -0.1) is 16.4 Å². The predicted molar refractivity (Wildman–Crippen MR) is 131 cm³/mol. The molecule has 3 aromatic carbocycles. The maximum atomic E-state index is 13.6. The second-order valence-electron chi connectivity index (χ2n) is 7.92. The van der Waals surface area contributed by atoms with Crippen LogP contribution in [0.25, 0.3) is 21.5 Å². The molecule has 3 heterocycles. The highest BCUT2D eigenvalue weighted by Crippen LogP contribution is 2.46. The third kappa shape index (κ3) is 3.86. The number of aromatic nitrogens is 4. The fourth-order valence-electron chi connectivity index (χ4n) is 4.14. The van der Waals surface area contributed by atoms with Crippen molar-refractivity contribution in [2.45, 2.75) is 12.2 Å². The monoisotopic (exact) mass is 509 g/mol. The number of nitrogens with zero attached hydrogens (tertiary/aromatic N) is 4. The van der Waals surface area contributed by atoms with E-state index >= 15 is 0 Å². The standard InChI is InChI=1S/C25H15ClF3N5S/c26-16-12-10-15(11-13-16)21-19(22-30-17-8-4-5-9-18(17)35-22)20(14-6-2-1-3-7-14)31-24-32-23(25(27,28)29)33-34(21)24/h1-13,21H,(H,31,32,33)/t21-/m0/s1. The van der Waals surface area contributed by atoms with Gasteiger partial charge < -0.3 is 5.32 Å². The molecular weight excluding hydrogens is 495 g/mol. The number of hydrogen-bond acceptors (Lipinski definition) is 5. The van der Waals surface area contributed by atoms with Crippen LogP contribution in [0.2, 0.25) is 5.02 Å². The van der Waals surface area contributed by atoms with Crippen LogP contribution in [0.4, 0.5) is 19.1 Å². The number of halogens is 4. The Balaban J connectivity index is 1.66. The number of nitrogens with one attached hydrogen (secondary N) is 1. The normalized spacial score (nSPS) is 15.8. The van der Waals surface area contributed by atoms with Crippen LogP contribution in [-0.4, -0.2) is 19.7 Å². The minimum atomic E-state index is -4.69. The molecule has 1 aliphatic heterocycles. The fourth-order valence-corrected chi connectivity index (χ4v) is 5.31. The van der Waals surface area contributed by atoms with Gasteiger partial charge in [0.2, 0.25) is 5.95 Å². The molecule has 6 rings (SSSR count). The van der Waals surface area contributed by atoms with E-state index < -0.39 is 18.0 Å². The Morgan fingerprint density at radius 1 is 0.886 bits per heavy atom. The van der Waals surface area contributed by atoms with E-state index in [1.54, 1.807) is 24.3 Å². The lowest BCUT2D eigenvalue weighted by atomic mass is 9.93. The summed E-state index contributed by atoms with van der Waals surface area (Å²) >= 11 is 7.60. The van der Waals surface area contributed by atoms with E-state index in [0.717, 1.165) is 15.8 Å². The molecular formula is C25H15ClF3N5S. The molecule has 1 aliphatic rings. The van der Waals surface area contributed by atoms with Crippen LogP contribution in [0, 0.1) is 0 Å². The molecule has 0 amide bonds. The summed E-state index contributed by atoms with van der Waals surface area (Å²) in [6.07, 6.45) is -4.69. The third-order valence-corrected chi connectivity index (χ3v) is 7.00. The number of fused-ring (bicyclic) bond motifs is 2. The molecule has 0 unspecified atom stereocenters. The van der Waals surface area contributed by atoms with Gasteiger partial charge in [0, 0.05) is 10.6 Å². The first-order chi connectivity index (χ1) is 16.9. The molecule has 1 atom stereocenters. The third-order valence-electron chi connectivity index (χ3n) is 5.68. The maximum Gasteiger partial charge on any atom is 0.453 e. The van der Waals surface area contributed by atoms with Crippen LogP contribution in [0.3, 0.4) is 0 Å². The Kier molecular flexibility index (Phi) is 5.12. The molecule has 0 radical (unpaired) electrons. The number of allylic oxidation sites excluding steroid dienone is 1. The Labute approximate surface area is 206 Å². The number of thiazole rings is 1. The molecule has 1 N–H and O–H groups in total. The summed E-state index contributed by atoms with van der Waals surface area (Å²) in [7, 11) is 0. The SMILES string of the molecule is FC(F)(F)c1nc2n(n1)[C@@H](c1ccc(Cl)cc1)C(c1nc3ccccc3s1)=C(c1ccccc1)N2. The van der Waals surface area contributed by atoms with Gasteiger partial charge in [-0.2, -0.15) is 18.2 Å². The molecule has 0 saturated heterocycles. The highest BCUT2D eigenvalue weighted by Gasteiger charge is 2.41. The molecule has 0 spiro atoms. The van der Waals surface area contributed by atoms with Gasteiger partial charge in [-0.05, 0) is 35.4 Å². The van der Waals surface area contributed by atoms with Crippen molar-refractivity contribution in [1.29, 1.82) is 0 Å².